The Morgan fingerprint density at radius 3 is 2.62 bits per heavy atom. The molecule has 2 unspecified atom stereocenters. The molecule has 2 aromatic rings. The summed E-state index contributed by atoms with van der Waals surface area (Å²) in [7, 11) is -3.82. The number of halogens is 2. The minimum Gasteiger partial charge on any atom is -0.338 e. The highest BCUT2D eigenvalue weighted by Gasteiger charge is 2.29. The van der Waals surface area contributed by atoms with Crippen LogP contribution >= 0.6 is 11.6 Å². The Labute approximate surface area is 174 Å². The molecule has 3 rings (SSSR count). The summed E-state index contributed by atoms with van der Waals surface area (Å²) in [4.78, 5) is 12.5. The topological polar surface area (TPSA) is 90.5 Å². The van der Waals surface area contributed by atoms with Crippen LogP contribution < -0.4 is 16.2 Å². The fraction of sp³-hybridized carbons (Fsp3) is 0.316. The highest BCUT2D eigenvalue weighted by atomic mass is 35.5. The molecule has 0 spiro atoms. The summed E-state index contributed by atoms with van der Waals surface area (Å²) < 4.78 is 40.0. The first-order valence-corrected chi connectivity index (χ1v) is 10.9. The van der Waals surface area contributed by atoms with E-state index in [1.165, 1.54) is 36.4 Å². The first-order valence-electron chi connectivity index (χ1n) is 9.11. The van der Waals surface area contributed by atoms with Crippen molar-refractivity contribution in [3.8, 4) is 0 Å². The zero-order chi connectivity index (χ0) is 21.0. The Bertz CT molecular complexity index is 972. The van der Waals surface area contributed by atoms with Crippen LogP contribution in [0.4, 0.5) is 4.39 Å². The molecule has 0 saturated carbocycles. The summed E-state index contributed by atoms with van der Waals surface area (Å²) in [6.45, 7) is 1.49. The lowest BCUT2D eigenvalue weighted by Gasteiger charge is -2.21. The Morgan fingerprint density at radius 1 is 1.24 bits per heavy atom. The molecule has 1 amide bonds. The van der Waals surface area contributed by atoms with Gasteiger partial charge in [-0.15, -0.1) is 0 Å². The summed E-state index contributed by atoms with van der Waals surface area (Å²) in [6, 6.07) is 11.8. The molecule has 0 radical (unpaired) electrons. The molecule has 2 atom stereocenters. The number of carbonyl (C=O) groups is 1. The van der Waals surface area contributed by atoms with Gasteiger partial charge < -0.3 is 5.32 Å². The maximum absolute atomic E-state index is 13.4. The van der Waals surface area contributed by atoms with E-state index in [4.69, 9.17) is 11.6 Å². The van der Waals surface area contributed by atoms with Gasteiger partial charge in [0.15, 0.2) is 0 Å². The standard InChI is InChI=1S/C19H22ClFN4O3S/c1-2-25(29(27,28)16-8-6-14(20)7-9-16)12-19(26)22-18-11-17(23-24-18)13-4-3-5-15(21)10-13/h3-10,17-18,23-24H,2,11-12H2,1H3,(H,22,26). The number of amides is 1. The molecule has 0 aliphatic carbocycles. The van der Waals surface area contributed by atoms with Crippen molar-refractivity contribution in [2.45, 2.75) is 30.4 Å². The minimum atomic E-state index is -3.82. The highest BCUT2D eigenvalue weighted by molar-refractivity contribution is 7.89. The number of likely N-dealkylation sites (N-methyl/N-ethyl adjacent to an activating group) is 1. The van der Waals surface area contributed by atoms with Crippen molar-refractivity contribution < 1.29 is 17.6 Å². The average Bonchev–Trinajstić information content (AvgIpc) is 3.14. The largest absolute Gasteiger partial charge is 0.338 e. The summed E-state index contributed by atoms with van der Waals surface area (Å²) >= 11 is 5.81. The molecule has 0 aromatic heterocycles. The smallest absolute Gasteiger partial charge is 0.243 e. The van der Waals surface area contributed by atoms with E-state index in [0.29, 0.717) is 11.4 Å². The summed E-state index contributed by atoms with van der Waals surface area (Å²) in [5.41, 5.74) is 6.70. The van der Waals surface area contributed by atoms with Crippen molar-refractivity contribution in [2.75, 3.05) is 13.1 Å². The van der Waals surface area contributed by atoms with E-state index in [0.717, 1.165) is 9.87 Å². The van der Waals surface area contributed by atoms with Crippen molar-refractivity contribution in [3.05, 3.63) is 64.9 Å². The van der Waals surface area contributed by atoms with Gasteiger partial charge in [-0.1, -0.05) is 30.7 Å². The van der Waals surface area contributed by atoms with E-state index in [-0.39, 0.29) is 29.8 Å². The van der Waals surface area contributed by atoms with Gasteiger partial charge in [-0.3, -0.25) is 4.79 Å². The van der Waals surface area contributed by atoms with Crippen LogP contribution in [0.2, 0.25) is 5.02 Å². The molecule has 2 aromatic carbocycles. The summed E-state index contributed by atoms with van der Waals surface area (Å²) in [5.74, 6) is -0.772. The zero-order valence-corrected chi connectivity index (χ0v) is 17.3. The van der Waals surface area contributed by atoms with Crippen LogP contribution in [0.5, 0.6) is 0 Å². The quantitative estimate of drug-likeness (QED) is 0.614. The molecular formula is C19H22ClFN4O3S. The Kier molecular flexibility index (Phi) is 6.86. The maximum atomic E-state index is 13.4. The van der Waals surface area contributed by atoms with E-state index in [1.807, 2.05) is 0 Å². The van der Waals surface area contributed by atoms with Gasteiger partial charge in [-0.25, -0.2) is 23.7 Å². The van der Waals surface area contributed by atoms with Crippen molar-refractivity contribution in [1.82, 2.24) is 20.5 Å². The molecule has 1 saturated heterocycles. The maximum Gasteiger partial charge on any atom is 0.243 e. The lowest BCUT2D eigenvalue weighted by molar-refractivity contribution is -0.122. The van der Waals surface area contributed by atoms with E-state index in [9.17, 15) is 17.6 Å². The number of hydrazine groups is 1. The SMILES string of the molecule is CCN(CC(=O)NC1CC(c2cccc(F)c2)NN1)S(=O)(=O)c1ccc(Cl)cc1. The van der Waals surface area contributed by atoms with Gasteiger partial charge in [0.05, 0.1) is 17.6 Å². The second kappa shape index (κ2) is 9.19. The minimum absolute atomic E-state index is 0.0726. The number of hydrogen-bond donors (Lipinski definition) is 3. The van der Waals surface area contributed by atoms with E-state index in [2.05, 4.69) is 16.2 Å². The molecule has 3 N–H and O–H groups in total. The summed E-state index contributed by atoms with van der Waals surface area (Å²) in [6.07, 6.45) is 0.0818. The lowest BCUT2D eigenvalue weighted by atomic mass is 10.0. The van der Waals surface area contributed by atoms with Crippen LogP contribution in [-0.2, 0) is 14.8 Å². The molecule has 10 heteroatoms. The predicted molar refractivity (Wildman–Crippen MR) is 108 cm³/mol. The Balaban J connectivity index is 1.60. The number of hydrogen-bond acceptors (Lipinski definition) is 5. The normalized spacial score (nSPS) is 19.4. The van der Waals surface area contributed by atoms with Crippen LogP contribution in [0.1, 0.15) is 24.9 Å². The fourth-order valence-electron chi connectivity index (χ4n) is 3.12. The van der Waals surface area contributed by atoms with Crippen molar-refractivity contribution in [3.63, 3.8) is 0 Å². The molecule has 7 nitrogen and oxygen atoms in total. The summed E-state index contributed by atoms with van der Waals surface area (Å²) in [5, 5.41) is 3.19. The molecule has 1 heterocycles. The third-order valence-corrected chi connectivity index (χ3v) is 6.80. The number of nitrogens with one attached hydrogen (secondary N) is 3. The molecule has 156 valence electrons. The number of sulfonamides is 1. The third kappa shape index (κ3) is 5.31. The van der Waals surface area contributed by atoms with Gasteiger partial charge in [0, 0.05) is 24.0 Å². The van der Waals surface area contributed by atoms with E-state index in [1.54, 1.807) is 19.1 Å². The van der Waals surface area contributed by atoms with Crippen LogP contribution in [0, 0.1) is 5.82 Å². The monoisotopic (exact) mass is 440 g/mol. The van der Waals surface area contributed by atoms with Gasteiger partial charge in [0.25, 0.3) is 0 Å². The van der Waals surface area contributed by atoms with Crippen molar-refractivity contribution >= 4 is 27.5 Å². The number of benzene rings is 2. The van der Waals surface area contributed by atoms with E-state index < -0.39 is 22.1 Å². The molecule has 1 aliphatic rings. The Hall–Kier alpha value is -2.04. The van der Waals surface area contributed by atoms with Gasteiger partial charge in [0.1, 0.15) is 5.82 Å². The second-order valence-electron chi connectivity index (χ2n) is 6.64. The average molecular weight is 441 g/mol. The van der Waals surface area contributed by atoms with Gasteiger partial charge >= 0.3 is 0 Å². The second-order valence-corrected chi connectivity index (χ2v) is 9.01. The number of nitrogens with zero attached hydrogens (tertiary/aromatic N) is 1. The van der Waals surface area contributed by atoms with E-state index >= 15 is 0 Å². The number of rotatable bonds is 7. The zero-order valence-electron chi connectivity index (χ0n) is 15.7. The van der Waals surface area contributed by atoms with Gasteiger partial charge in [-0.2, -0.15) is 4.31 Å². The van der Waals surface area contributed by atoms with Gasteiger partial charge in [0.2, 0.25) is 15.9 Å². The van der Waals surface area contributed by atoms with Crippen LogP contribution in [-0.4, -0.2) is 37.9 Å². The lowest BCUT2D eigenvalue weighted by Crippen LogP contribution is -2.48. The van der Waals surface area contributed by atoms with Crippen molar-refractivity contribution in [2.24, 2.45) is 0 Å². The van der Waals surface area contributed by atoms with Crippen LogP contribution in [0.3, 0.4) is 0 Å². The first-order chi connectivity index (χ1) is 13.8. The Morgan fingerprint density at radius 2 is 1.97 bits per heavy atom. The molecule has 29 heavy (non-hydrogen) atoms. The van der Waals surface area contributed by atoms with Crippen LogP contribution in [0.25, 0.3) is 0 Å². The highest BCUT2D eigenvalue weighted by Crippen LogP contribution is 2.22. The molecule has 1 aliphatic heterocycles. The number of carbonyl (C=O) groups excluding carboxylic acids is 1. The third-order valence-electron chi connectivity index (χ3n) is 4.61. The van der Waals surface area contributed by atoms with Crippen molar-refractivity contribution in [1.29, 1.82) is 0 Å². The molecule has 0 bridgehead atoms. The van der Waals surface area contributed by atoms with Crippen LogP contribution in [0.15, 0.2) is 53.4 Å². The molecule has 1 fully saturated rings. The fourth-order valence-corrected chi connectivity index (χ4v) is 4.65. The predicted octanol–water partition coefficient (Wildman–Crippen LogP) is 2.17. The van der Waals surface area contributed by atoms with Gasteiger partial charge in [-0.05, 0) is 42.0 Å². The molecular weight excluding hydrogens is 419 g/mol. The first kappa shape index (κ1) is 21.7.